The molecule has 2 aromatic heterocycles. The first-order valence-corrected chi connectivity index (χ1v) is 6.50. The molecule has 0 unspecified atom stereocenters. The van der Waals surface area contributed by atoms with Crippen LogP contribution in [0, 0.1) is 0 Å². The van der Waals surface area contributed by atoms with E-state index in [1.54, 1.807) is 12.4 Å². The third kappa shape index (κ3) is 2.39. The molecule has 96 valence electrons. The molecule has 0 aliphatic carbocycles. The average Bonchev–Trinajstić information content (AvgIpc) is 2.92. The standard InChI is InChI=1S/C13H11BrN4O/c14-8-5-10-11(15)1-2-12(13(10)17-6-8)16-7-9-3-4-18-19-9/h1-6,16H,7,15H2. The Morgan fingerprint density at radius 2 is 2.21 bits per heavy atom. The van der Waals surface area contributed by atoms with Gasteiger partial charge in [0.15, 0.2) is 5.76 Å². The molecule has 0 saturated heterocycles. The van der Waals surface area contributed by atoms with E-state index >= 15 is 0 Å². The van der Waals surface area contributed by atoms with Crippen LogP contribution in [-0.2, 0) is 6.54 Å². The zero-order chi connectivity index (χ0) is 13.2. The van der Waals surface area contributed by atoms with Crippen molar-refractivity contribution in [2.45, 2.75) is 6.54 Å². The van der Waals surface area contributed by atoms with Crippen molar-refractivity contribution >= 4 is 38.2 Å². The second kappa shape index (κ2) is 4.89. The van der Waals surface area contributed by atoms with Gasteiger partial charge in [0.1, 0.15) is 0 Å². The third-order valence-corrected chi connectivity index (χ3v) is 3.23. The number of nitrogens with two attached hydrogens (primary N) is 1. The number of nitrogens with one attached hydrogen (secondary N) is 1. The van der Waals surface area contributed by atoms with Gasteiger partial charge in [-0.2, -0.15) is 0 Å². The molecular formula is C13H11BrN4O. The number of fused-ring (bicyclic) bond motifs is 1. The molecule has 0 fully saturated rings. The number of nitrogen functional groups attached to an aromatic ring is 1. The summed E-state index contributed by atoms with van der Waals surface area (Å²) in [7, 11) is 0. The number of hydrogen-bond acceptors (Lipinski definition) is 5. The maximum absolute atomic E-state index is 5.97. The Hall–Kier alpha value is -2.08. The van der Waals surface area contributed by atoms with Gasteiger partial charge in [-0.1, -0.05) is 5.16 Å². The van der Waals surface area contributed by atoms with E-state index in [0.29, 0.717) is 12.2 Å². The predicted octanol–water partition coefficient (Wildman–Crippen LogP) is 3.18. The van der Waals surface area contributed by atoms with Crippen molar-refractivity contribution in [2.75, 3.05) is 11.1 Å². The topological polar surface area (TPSA) is 77.0 Å². The molecule has 3 rings (SSSR count). The largest absolute Gasteiger partial charge is 0.398 e. The molecule has 0 amide bonds. The van der Waals surface area contributed by atoms with Gasteiger partial charge >= 0.3 is 0 Å². The van der Waals surface area contributed by atoms with Crippen molar-refractivity contribution in [3.05, 3.63) is 46.9 Å². The van der Waals surface area contributed by atoms with Crippen molar-refractivity contribution in [1.82, 2.24) is 10.1 Å². The van der Waals surface area contributed by atoms with Crippen LogP contribution in [0.3, 0.4) is 0 Å². The molecule has 2 heterocycles. The fraction of sp³-hybridized carbons (Fsp3) is 0.0769. The first-order chi connectivity index (χ1) is 9.24. The lowest BCUT2D eigenvalue weighted by atomic mass is 10.1. The summed E-state index contributed by atoms with van der Waals surface area (Å²) in [5, 5.41) is 7.85. The number of nitrogens with zero attached hydrogens (tertiary/aromatic N) is 2. The Morgan fingerprint density at radius 1 is 1.32 bits per heavy atom. The van der Waals surface area contributed by atoms with E-state index in [0.717, 1.165) is 26.8 Å². The van der Waals surface area contributed by atoms with Gasteiger partial charge in [-0.3, -0.25) is 4.98 Å². The van der Waals surface area contributed by atoms with E-state index in [-0.39, 0.29) is 0 Å². The van der Waals surface area contributed by atoms with Crippen LogP contribution in [0.1, 0.15) is 5.76 Å². The average molecular weight is 319 g/mol. The SMILES string of the molecule is Nc1ccc(NCc2ccno2)c2ncc(Br)cc12. The summed E-state index contributed by atoms with van der Waals surface area (Å²) in [5.74, 6) is 0.766. The maximum Gasteiger partial charge on any atom is 0.155 e. The lowest BCUT2D eigenvalue weighted by molar-refractivity contribution is 0.388. The zero-order valence-corrected chi connectivity index (χ0v) is 11.5. The lowest BCUT2D eigenvalue weighted by Crippen LogP contribution is -2.00. The summed E-state index contributed by atoms with van der Waals surface area (Å²) in [6, 6.07) is 7.54. The van der Waals surface area contributed by atoms with Gasteiger partial charge in [0, 0.05) is 27.8 Å². The van der Waals surface area contributed by atoms with Gasteiger partial charge < -0.3 is 15.6 Å². The van der Waals surface area contributed by atoms with Crippen LogP contribution in [0.5, 0.6) is 0 Å². The van der Waals surface area contributed by atoms with Crippen molar-refractivity contribution in [3.63, 3.8) is 0 Å². The minimum atomic E-state index is 0.552. The van der Waals surface area contributed by atoms with Crippen molar-refractivity contribution in [3.8, 4) is 0 Å². The normalized spacial score (nSPS) is 10.8. The van der Waals surface area contributed by atoms with Crippen LogP contribution >= 0.6 is 15.9 Å². The first-order valence-electron chi connectivity index (χ1n) is 5.71. The predicted molar refractivity (Wildman–Crippen MR) is 77.7 cm³/mol. The number of halogens is 1. The van der Waals surface area contributed by atoms with Crippen LogP contribution in [0.25, 0.3) is 10.9 Å². The molecule has 6 heteroatoms. The highest BCUT2D eigenvalue weighted by molar-refractivity contribution is 9.10. The van der Waals surface area contributed by atoms with Gasteiger partial charge in [0.2, 0.25) is 0 Å². The molecule has 0 radical (unpaired) electrons. The van der Waals surface area contributed by atoms with Gasteiger partial charge in [-0.05, 0) is 34.1 Å². The van der Waals surface area contributed by atoms with Crippen molar-refractivity contribution < 1.29 is 4.52 Å². The highest BCUT2D eigenvalue weighted by atomic mass is 79.9. The Labute approximate surface area is 117 Å². The first kappa shape index (κ1) is 12.0. The maximum atomic E-state index is 5.97. The number of hydrogen-bond donors (Lipinski definition) is 2. The molecule has 0 saturated carbocycles. The van der Waals surface area contributed by atoms with Gasteiger partial charge in [0.25, 0.3) is 0 Å². The fourth-order valence-electron chi connectivity index (χ4n) is 1.87. The summed E-state index contributed by atoms with van der Waals surface area (Å²) in [6.45, 7) is 0.552. The number of aromatic nitrogens is 2. The second-order valence-electron chi connectivity index (χ2n) is 4.08. The Balaban J connectivity index is 1.97. The summed E-state index contributed by atoms with van der Waals surface area (Å²) in [5.41, 5.74) is 8.42. The number of rotatable bonds is 3. The van der Waals surface area contributed by atoms with Gasteiger partial charge in [-0.15, -0.1) is 0 Å². The molecular weight excluding hydrogens is 308 g/mol. The smallest absolute Gasteiger partial charge is 0.155 e. The molecule has 1 aromatic carbocycles. The van der Waals surface area contributed by atoms with Crippen molar-refractivity contribution in [2.24, 2.45) is 0 Å². The molecule has 5 nitrogen and oxygen atoms in total. The summed E-state index contributed by atoms with van der Waals surface area (Å²) < 4.78 is 5.95. The van der Waals surface area contributed by atoms with Crippen molar-refractivity contribution in [1.29, 1.82) is 0 Å². The van der Waals surface area contributed by atoms with E-state index in [4.69, 9.17) is 10.3 Å². The van der Waals surface area contributed by atoms with E-state index in [1.807, 2.05) is 24.3 Å². The second-order valence-corrected chi connectivity index (χ2v) is 5.00. The molecule has 0 bridgehead atoms. The Kier molecular flexibility index (Phi) is 3.08. The molecule has 0 spiro atoms. The minimum absolute atomic E-state index is 0.552. The number of pyridine rings is 1. The van der Waals surface area contributed by atoms with E-state index in [9.17, 15) is 0 Å². The molecule has 3 aromatic rings. The van der Waals surface area contributed by atoms with Gasteiger partial charge in [0.05, 0.1) is 23.9 Å². The molecule has 0 aliphatic heterocycles. The van der Waals surface area contributed by atoms with E-state index < -0.39 is 0 Å². The Bertz CT molecular complexity index is 712. The zero-order valence-electron chi connectivity index (χ0n) is 9.93. The van der Waals surface area contributed by atoms with Crippen LogP contribution in [0.2, 0.25) is 0 Å². The monoisotopic (exact) mass is 318 g/mol. The van der Waals surface area contributed by atoms with Crippen LogP contribution in [0.4, 0.5) is 11.4 Å². The minimum Gasteiger partial charge on any atom is -0.398 e. The quantitative estimate of drug-likeness (QED) is 0.725. The summed E-state index contributed by atoms with van der Waals surface area (Å²) in [6.07, 6.45) is 3.37. The van der Waals surface area contributed by atoms with Gasteiger partial charge in [-0.25, -0.2) is 0 Å². The molecule has 19 heavy (non-hydrogen) atoms. The van der Waals surface area contributed by atoms with E-state index in [2.05, 4.69) is 31.4 Å². The van der Waals surface area contributed by atoms with Crippen LogP contribution in [0.15, 0.2) is 45.7 Å². The molecule has 0 atom stereocenters. The molecule has 3 N–H and O–H groups in total. The van der Waals surface area contributed by atoms with Crippen LogP contribution < -0.4 is 11.1 Å². The highest BCUT2D eigenvalue weighted by Gasteiger charge is 2.07. The number of benzene rings is 1. The fourth-order valence-corrected chi connectivity index (χ4v) is 2.21. The van der Waals surface area contributed by atoms with E-state index in [1.165, 1.54) is 0 Å². The summed E-state index contributed by atoms with van der Waals surface area (Å²) >= 11 is 3.40. The highest BCUT2D eigenvalue weighted by Crippen LogP contribution is 2.29. The Morgan fingerprint density at radius 3 is 3.00 bits per heavy atom. The summed E-state index contributed by atoms with van der Waals surface area (Å²) in [4.78, 5) is 4.41. The van der Waals surface area contributed by atoms with Crippen LogP contribution in [-0.4, -0.2) is 10.1 Å². The molecule has 0 aliphatic rings. The number of anilines is 2. The lowest BCUT2D eigenvalue weighted by Gasteiger charge is -2.09. The third-order valence-electron chi connectivity index (χ3n) is 2.79.